The molecule has 35 heavy (non-hydrogen) atoms. The van der Waals surface area contributed by atoms with Gasteiger partial charge in [0, 0.05) is 25.4 Å². The van der Waals surface area contributed by atoms with Gasteiger partial charge in [-0.3, -0.25) is 14.3 Å². The van der Waals surface area contributed by atoms with Crippen molar-refractivity contribution in [3.63, 3.8) is 0 Å². The quantitative estimate of drug-likeness (QED) is 0.554. The van der Waals surface area contributed by atoms with Gasteiger partial charge >= 0.3 is 0 Å². The Morgan fingerprint density at radius 3 is 2.49 bits per heavy atom. The lowest BCUT2D eigenvalue weighted by Gasteiger charge is -2.27. The van der Waals surface area contributed by atoms with E-state index in [1.807, 2.05) is 44.2 Å². The summed E-state index contributed by atoms with van der Waals surface area (Å²) in [5, 5.41) is 7.02. The fraction of sp³-hybridized carbons (Fsp3) is 0.370. The van der Waals surface area contributed by atoms with E-state index in [4.69, 9.17) is 0 Å². The average Bonchev–Trinajstić information content (AvgIpc) is 3.42. The van der Waals surface area contributed by atoms with Crippen molar-refractivity contribution < 1.29 is 18.4 Å². The van der Waals surface area contributed by atoms with Gasteiger partial charge < -0.3 is 10.2 Å². The summed E-state index contributed by atoms with van der Waals surface area (Å²) in [5.41, 5.74) is 2.61. The molecule has 2 heterocycles. The maximum atomic E-state index is 14.8. The molecule has 1 aliphatic heterocycles. The minimum Gasteiger partial charge on any atom is -0.343 e. The third-order valence-electron chi connectivity index (χ3n) is 6.53. The molecule has 1 aromatic heterocycles. The van der Waals surface area contributed by atoms with Gasteiger partial charge in [0.25, 0.3) is 0 Å². The Kier molecular flexibility index (Phi) is 7.28. The van der Waals surface area contributed by atoms with Crippen LogP contribution in [0.3, 0.4) is 0 Å². The molecule has 2 amide bonds. The molecule has 184 valence electrons. The SMILES string of the molecule is CC(C)c1ccc(C(NC(=O)C2CC(F)CN2C(=O)Cc2ccnn2C)c2ccccc2)cc1F. The summed E-state index contributed by atoms with van der Waals surface area (Å²) in [5.74, 6) is -1.12. The summed E-state index contributed by atoms with van der Waals surface area (Å²) in [7, 11) is 1.73. The fourth-order valence-corrected chi connectivity index (χ4v) is 4.57. The van der Waals surface area contributed by atoms with Crippen LogP contribution in [0.1, 0.15) is 54.6 Å². The molecule has 2 aromatic carbocycles. The maximum absolute atomic E-state index is 14.8. The number of hydrogen-bond donors (Lipinski definition) is 1. The lowest BCUT2D eigenvalue weighted by Crippen LogP contribution is -2.47. The Morgan fingerprint density at radius 1 is 1.11 bits per heavy atom. The number of alkyl halides is 1. The number of hydrogen-bond acceptors (Lipinski definition) is 3. The normalized spacial score (nSPS) is 18.6. The van der Waals surface area contributed by atoms with Gasteiger partial charge in [0.2, 0.25) is 11.8 Å². The number of nitrogens with zero attached hydrogens (tertiary/aromatic N) is 3. The third kappa shape index (κ3) is 5.42. The van der Waals surface area contributed by atoms with Crippen LogP contribution in [0.4, 0.5) is 8.78 Å². The summed E-state index contributed by atoms with van der Waals surface area (Å²) in [6.07, 6.45) is 0.240. The smallest absolute Gasteiger partial charge is 0.243 e. The molecule has 0 bridgehead atoms. The molecule has 1 aliphatic rings. The van der Waals surface area contributed by atoms with Gasteiger partial charge in [0.1, 0.15) is 18.0 Å². The maximum Gasteiger partial charge on any atom is 0.243 e. The minimum atomic E-state index is -1.29. The first-order chi connectivity index (χ1) is 16.7. The van der Waals surface area contributed by atoms with Crippen molar-refractivity contribution in [2.24, 2.45) is 7.05 Å². The molecule has 4 rings (SSSR count). The Bertz CT molecular complexity index is 1190. The number of rotatable bonds is 7. The first kappa shape index (κ1) is 24.6. The summed E-state index contributed by atoms with van der Waals surface area (Å²) in [4.78, 5) is 27.7. The molecule has 0 aliphatic carbocycles. The van der Waals surface area contributed by atoms with Gasteiger partial charge in [-0.15, -0.1) is 0 Å². The van der Waals surface area contributed by atoms with Crippen LogP contribution in [0.2, 0.25) is 0 Å². The fourth-order valence-electron chi connectivity index (χ4n) is 4.57. The van der Waals surface area contributed by atoms with Gasteiger partial charge in [-0.1, -0.05) is 56.3 Å². The monoisotopic (exact) mass is 480 g/mol. The zero-order chi connectivity index (χ0) is 25.1. The number of nitrogens with one attached hydrogen (secondary N) is 1. The van der Waals surface area contributed by atoms with Crippen molar-refractivity contribution >= 4 is 11.8 Å². The highest BCUT2D eigenvalue weighted by atomic mass is 19.1. The highest BCUT2D eigenvalue weighted by Crippen LogP contribution is 2.28. The zero-order valence-electron chi connectivity index (χ0n) is 20.1. The van der Waals surface area contributed by atoms with Crippen molar-refractivity contribution in [1.82, 2.24) is 20.0 Å². The lowest BCUT2D eigenvalue weighted by molar-refractivity contribution is -0.138. The van der Waals surface area contributed by atoms with E-state index >= 15 is 0 Å². The molecule has 3 unspecified atom stereocenters. The van der Waals surface area contributed by atoms with E-state index in [9.17, 15) is 18.4 Å². The van der Waals surface area contributed by atoms with Crippen LogP contribution in [0.15, 0.2) is 60.8 Å². The van der Waals surface area contributed by atoms with E-state index in [1.165, 1.54) is 11.0 Å². The van der Waals surface area contributed by atoms with Crippen LogP contribution in [0, 0.1) is 5.82 Å². The molecule has 3 aromatic rings. The molecule has 1 saturated heterocycles. The summed E-state index contributed by atoms with van der Waals surface area (Å²) in [6, 6.07) is 14.3. The van der Waals surface area contributed by atoms with Gasteiger partial charge in [0.15, 0.2) is 0 Å². The Labute approximate surface area is 203 Å². The molecule has 3 atom stereocenters. The first-order valence-electron chi connectivity index (χ1n) is 11.8. The second-order valence-electron chi connectivity index (χ2n) is 9.31. The van der Waals surface area contributed by atoms with Crippen molar-refractivity contribution in [3.05, 3.63) is 89.0 Å². The number of benzene rings is 2. The van der Waals surface area contributed by atoms with E-state index in [-0.39, 0.29) is 37.0 Å². The predicted octanol–water partition coefficient (Wildman–Crippen LogP) is 4.07. The van der Waals surface area contributed by atoms with Gasteiger partial charge in [0.05, 0.1) is 19.0 Å². The van der Waals surface area contributed by atoms with Crippen molar-refractivity contribution in [1.29, 1.82) is 0 Å². The summed E-state index contributed by atoms with van der Waals surface area (Å²) < 4.78 is 30.8. The molecular formula is C27H30F2N4O2. The van der Waals surface area contributed by atoms with Crippen LogP contribution in [0.5, 0.6) is 0 Å². The number of carbonyl (C=O) groups is 2. The molecule has 0 saturated carbocycles. The second-order valence-corrected chi connectivity index (χ2v) is 9.31. The topological polar surface area (TPSA) is 67.2 Å². The number of amides is 2. The average molecular weight is 481 g/mol. The van der Waals surface area contributed by atoms with Gasteiger partial charge in [-0.2, -0.15) is 5.10 Å². The zero-order valence-corrected chi connectivity index (χ0v) is 20.1. The highest BCUT2D eigenvalue weighted by Gasteiger charge is 2.40. The van der Waals surface area contributed by atoms with E-state index in [0.29, 0.717) is 16.8 Å². The molecule has 1 N–H and O–H groups in total. The van der Waals surface area contributed by atoms with Crippen LogP contribution >= 0.6 is 0 Å². The highest BCUT2D eigenvalue weighted by molar-refractivity contribution is 5.89. The summed E-state index contributed by atoms with van der Waals surface area (Å²) in [6.45, 7) is 3.70. The number of likely N-dealkylation sites (tertiary alicyclic amines) is 1. The molecule has 8 heteroatoms. The first-order valence-corrected chi connectivity index (χ1v) is 11.8. The Balaban J connectivity index is 1.59. The largest absolute Gasteiger partial charge is 0.343 e. The van der Waals surface area contributed by atoms with E-state index in [0.717, 1.165) is 5.56 Å². The molecule has 6 nitrogen and oxygen atoms in total. The molecule has 1 fully saturated rings. The Morgan fingerprint density at radius 2 is 1.86 bits per heavy atom. The Hall–Kier alpha value is -3.55. The second kappa shape index (κ2) is 10.4. The van der Waals surface area contributed by atoms with Crippen molar-refractivity contribution in [2.75, 3.05) is 6.54 Å². The number of carbonyl (C=O) groups excluding carboxylic acids is 2. The predicted molar refractivity (Wildman–Crippen MR) is 129 cm³/mol. The minimum absolute atomic E-state index is 0.0211. The number of aryl methyl sites for hydroxylation is 1. The lowest BCUT2D eigenvalue weighted by atomic mass is 9.94. The molecular weight excluding hydrogens is 450 g/mol. The van der Waals surface area contributed by atoms with Crippen LogP contribution in [0.25, 0.3) is 0 Å². The van der Waals surface area contributed by atoms with E-state index in [1.54, 1.807) is 36.1 Å². The molecule has 0 radical (unpaired) electrons. The van der Waals surface area contributed by atoms with Gasteiger partial charge in [-0.05, 0) is 34.7 Å². The standard InChI is InChI=1S/C27H30F2N4O2/c1-17(2)22-10-9-19(13-23(22)29)26(18-7-5-4-6-8-18)31-27(35)24-14-20(28)16-33(24)25(34)15-21-11-12-30-32(21)3/h4-13,17,20,24,26H,14-16H2,1-3H3,(H,31,35). The van der Waals surface area contributed by atoms with E-state index < -0.39 is 24.2 Å². The van der Waals surface area contributed by atoms with Crippen LogP contribution in [-0.4, -0.2) is 45.3 Å². The number of halogens is 2. The van der Waals surface area contributed by atoms with Crippen LogP contribution in [-0.2, 0) is 23.1 Å². The van der Waals surface area contributed by atoms with E-state index in [2.05, 4.69) is 10.4 Å². The summed E-state index contributed by atoms with van der Waals surface area (Å²) >= 11 is 0. The van der Waals surface area contributed by atoms with Crippen LogP contribution < -0.4 is 5.32 Å². The van der Waals surface area contributed by atoms with Gasteiger partial charge in [-0.25, -0.2) is 8.78 Å². The number of aromatic nitrogens is 2. The molecule has 0 spiro atoms. The van der Waals surface area contributed by atoms with Crippen molar-refractivity contribution in [2.45, 2.75) is 50.9 Å². The third-order valence-corrected chi connectivity index (χ3v) is 6.53. The van der Waals surface area contributed by atoms with Crippen molar-refractivity contribution in [3.8, 4) is 0 Å².